The molecule has 2 atom stereocenters. The number of hydrogen-bond donors (Lipinski definition) is 1. The van der Waals surface area contributed by atoms with Gasteiger partial charge in [-0.25, -0.2) is 8.78 Å². The minimum atomic E-state index is -0.383. The second-order valence-corrected chi connectivity index (χ2v) is 5.26. The van der Waals surface area contributed by atoms with Gasteiger partial charge in [-0.3, -0.25) is 0 Å². The van der Waals surface area contributed by atoms with Crippen LogP contribution in [-0.2, 0) is 0 Å². The monoisotopic (exact) mass is 237 g/mol. The number of benzene rings is 1. The van der Waals surface area contributed by atoms with Crippen LogP contribution in [0, 0.1) is 17.6 Å². The lowest BCUT2D eigenvalue weighted by molar-refractivity contribution is 0.234. The van der Waals surface area contributed by atoms with Crippen molar-refractivity contribution in [1.29, 1.82) is 0 Å². The molecule has 3 heteroatoms. The molecule has 17 heavy (non-hydrogen) atoms. The van der Waals surface area contributed by atoms with Crippen molar-refractivity contribution in [3.63, 3.8) is 0 Å². The average Bonchev–Trinajstić information content (AvgIpc) is 3.06. The second kappa shape index (κ2) is 4.37. The summed E-state index contributed by atoms with van der Waals surface area (Å²) in [6.07, 6.45) is 4.50. The van der Waals surface area contributed by atoms with Crippen LogP contribution in [0.25, 0.3) is 0 Å². The summed E-state index contributed by atoms with van der Waals surface area (Å²) in [6.45, 7) is 0.906. The van der Waals surface area contributed by atoms with Crippen LogP contribution < -0.4 is 5.32 Å². The fraction of sp³-hybridized carbons (Fsp3) is 0.571. The summed E-state index contributed by atoms with van der Waals surface area (Å²) in [7, 11) is 0. The molecule has 2 unspecified atom stereocenters. The number of nitrogens with one attached hydrogen (secondary N) is 1. The fourth-order valence-electron chi connectivity index (χ4n) is 2.66. The molecule has 2 aliphatic rings. The van der Waals surface area contributed by atoms with Crippen LogP contribution in [-0.4, -0.2) is 12.6 Å². The van der Waals surface area contributed by atoms with E-state index in [1.54, 1.807) is 0 Å². The van der Waals surface area contributed by atoms with E-state index in [0.717, 1.165) is 19.4 Å². The molecule has 0 aromatic heterocycles. The Morgan fingerprint density at radius 1 is 1.06 bits per heavy atom. The van der Waals surface area contributed by atoms with Gasteiger partial charge in [0.15, 0.2) is 0 Å². The number of hydrogen-bond acceptors (Lipinski definition) is 1. The Hall–Kier alpha value is -0.960. The summed E-state index contributed by atoms with van der Waals surface area (Å²) in [5, 5.41) is 3.45. The smallest absolute Gasteiger partial charge is 0.129 e. The SMILES string of the molecule is Fc1cccc(F)c1C1CCC1CNC1CC1. The molecule has 2 aliphatic carbocycles. The van der Waals surface area contributed by atoms with Crippen LogP contribution >= 0.6 is 0 Å². The Kier molecular flexibility index (Phi) is 2.87. The largest absolute Gasteiger partial charge is 0.314 e. The molecule has 92 valence electrons. The van der Waals surface area contributed by atoms with Gasteiger partial charge < -0.3 is 5.32 Å². The summed E-state index contributed by atoms with van der Waals surface area (Å²) in [5.74, 6) is -0.290. The van der Waals surface area contributed by atoms with Gasteiger partial charge in [0.2, 0.25) is 0 Å². The topological polar surface area (TPSA) is 12.0 Å². The van der Waals surface area contributed by atoms with E-state index < -0.39 is 0 Å². The van der Waals surface area contributed by atoms with Gasteiger partial charge in [-0.1, -0.05) is 6.07 Å². The summed E-state index contributed by atoms with van der Waals surface area (Å²) in [5.41, 5.74) is 0.307. The van der Waals surface area contributed by atoms with E-state index in [2.05, 4.69) is 5.32 Å². The normalized spacial score (nSPS) is 27.9. The average molecular weight is 237 g/mol. The van der Waals surface area contributed by atoms with Crippen molar-refractivity contribution in [3.8, 4) is 0 Å². The van der Waals surface area contributed by atoms with Gasteiger partial charge in [0.25, 0.3) is 0 Å². The zero-order chi connectivity index (χ0) is 11.8. The number of rotatable bonds is 4. The van der Waals surface area contributed by atoms with Gasteiger partial charge in [0.1, 0.15) is 11.6 Å². The molecule has 1 aromatic carbocycles. The van der Waals surface area contributed by atoms with Crippen LogP contribution in [0.4, 0.5) is 8.78 Å². The van der Waals surface area contributed by atoms with E-state index in [1.165, 1.54) is 31.0 Å². The van der Waals surface area contributed by atoms with E-state index in [9.17, 15) is 8.78 Å². The zero-order valence-electron chi connectivity index (χ0n) is 9.76. The maximum Gasteiger partial charge on any atom is 0.129 e. The quantitative estimate of drug-likeness (QED) is 0.848. The molecule has 1 N–H and O–H groups in total. The summed E-state index contributed by atoms with van der Waals surface area (Å²) >= 11 is 0. The molecule has 1 aromatic rings. The third kappa shape index (κ3) is 2.21. The number of halogens is 2. The Balaban J connectivity index is 1.70. The highest BCUT2D eigenvalue weighted by molar-refractivity contribution is 5.26. The summed E-state index contributed by atoms with van der Waals surface area (Å²) in [4.78, 5) is 0. The van der Waals surface area contributed by atoms with Crippen LogP contribution in [0.2, 0.25) is 0 Å². The lowest BCUT2D eigenvalue weighted by Gasteiger charge is -2.37. The maximum atomic E-state index is 13.6. The molecule has 0 saturated heterocycles. The van der Waals surface area contributed by atoms with Crippen molar-refractivity contribution >= 4 is 0 Å². The Morgan fingerprint density at radius 3 is 2.29 bits per heavy atom. The highest BCUT2D eigenvalue weighted by atomic mass is 19.1. The van der Waals surface area contributed by atoms with E-state index in [0.29, 0.717) is 17.5 Å². The van der Waals surface area contributed by atoms with Crippen molar-refractivity contribution in [2.45, 2.75) is 37.6 Å². The molecule has 2 fully saturated rings. The summed E-state index contributed by atoms with van der Waals surface area (Å²) in [6, 6.07) is 4.83. The van der Waals surface area contributed by atoms with Gasteiger partial charge in [-0.2, -0.15) is 0 Å². The van der Waals surface area contributed by atoms with Crippen LogP contribution in [0.5, 0.6) is 0 Å². The molecule has 0 bridgehead atoms. The third-order valence-electron chi connectivity index (χ3n) is 4.03. The fourth-order valence-corrected chi connectivity index (χ4v) is 2.66. The Labute approximate surface area is 100 Å². The van der Waals surface area contributed by atoms with E-state index >= 15 is 0 Å². The zero-order valence-corrected chi connectivity index (χ0v) is 9.76. The summed E-state index contributed by atoms with van der Waals surface area (Å²) < 4.78 is 27.3. The predicted molar refractivity (Wildman–Crippen MR) is 62.8 cm³/mol. The Bertz CT molecular complexity index is 394. The first kappa shape index (κ1) is 11.1. The molecular weight excluding hydrogens is 220 g/mol. The lowest BCUT2D eigenvalue weighted by atomic mass is 9.69. The molecule has 0 radical (unpaired) electrons. The molecule has 0 amide bonds. The first-order valence-corrected chi connectivity index (χ1v) is 6.43. The Morgan fingerprint density at radius 2 is 1.76 bits per heavy atom. The molecule has 2 saturated carbocycles. The van der Waals surface area contributed by atoms with E-state index in [-0.39, 0.29) is 17.6 Å². The van der Waals surface area contributed by atoms with Gasteiger partial charge in [-0.15, -0.1) is 0 Å². The van der Waals surface area contributed by atoms with Gasteiger partial charge in [0, 0.05) is 11.6 Å². The van der Waals surface area contributed by atoms with Crippen molar-refractivity contribution in [2.24, 2.45) is 5.92 Å². The highest BCUT2D eigenvalue weighted by Crippen LogP contribution is 2.44. The van der Waals surface area contributed by atoms with Gasteiger partial charge >= 0.3 is 0 Å². The molecule has 3 rings (SSSR count). The van der Waals surface area contributed by atoms with Gasteiger partial charge in [0.05, 0.1) is 0 Å². The van der Waals surface area contributed by atoms with Crippen molar-refractivity contribution in [2.75, 3.05) is 6.54 Å². The maximum absolute atomic E-state index is 13.6. The van der Waals surface area contributed by atoms with Crippen molar-refractivity contribution in [3.05, 3.63) is 35.4 Å². The molecule has 0 spiro atoms. The van der Waals surface area contributed by atoms with Crippen molar-refractivity contribution < 1.29 is 8.78 Å². The first-order valence-electron chi connectivity index (χ1n) is 6.43. The highest BCUT2D eigenvalue weighted by Gasteiger charge is 2.36. The van der Waals surface area contributed by atoms with Crippen molar-refractivity contribution in [1.82, 2.24) is 5.32 Å². The predicted octanol–water partition coefficient (Wildman–Crippen LogP) is 3.21. The molecule has 1 nitrogen and oxygen atoms in total. The first-order chi connectivity index (χ1) is 8.25. The van der Waals surface area contributed by atoms with Crippen LogP contribution in [0.1, 0.15) is 37.2 Å². The van der Waals surface area contributed by atoms with Crippen LogP contribution in [0.15, 0.2) is 18.2 Å². The lowest BCUT2D eigenvalue weighted by Crippen LogP contribution is -2.35. The van der Waals surface area contributed by atoms with E-state index in [1.807, 2.05) is 0 Å². The minimum Gasteiger partial charge on any atom is -0.314 e. The van der Waals surface area contributed by atoms with Gasteiger partial charge in [-0.05, 0) is 56.2 Å². The second-order valence-electron chi connectivity index (χ2n) is 5.26. The van der Waals surface area contributed by atoms with Crippen LogP contribution in [0.3, 0.4) is 0 Å². The third-order valence-corrected chi connectivity index (χ3v) is 4.03. The molecular formula is C14H17F2N. The minimum absolute atomic E-state index is 0.0717. The standard InChI is InChI=1S/C14H17F2N/c15-12-2-1-3-13(16)14(12)11-7-4-9(11)8-17-10-5-6-10/h1-3,9-11,17H,4-8H2. The van der Waals surface area contributed by atoms with E-state index in [4.69, 9.17) is 0 Å². The molecule has 0 aliphatic heterocycles. The molecule has 0 heterocycles.